The van der Waals surface area contributed by atoms with E-state index in [1.165, 1.54) is 12.0 Å². The molecule has 0 saturated heterocycles. The molecule has 1 spiro atoms. The molecular weight excluding hydrogens is 302 g/mol. The maximum atomic E-state index is 10.3. The summed E-state index contributed by atoms with van der Waals surface area (Å²) in [6, 6.07) is 12.4. The molecule has 24 heavy (non-hydrogen) atoms. The molecule has 1 saturated carbocycles. The topological polar surface area (TPSA) is 54.6 Å². The van der Waals surface area contributed by atoms with Gasteiger partial charge in [0.25, 0.3) is 0 Å². The van der Waals surface area contributed by atoms with Gasteiger partial charge in [0.1, 0.15) is 23.2 Å². The molecular formula is C20H25NO3. The lowest BCUT2D eigenvalue weighted by Gasteiger charge is -2.48. The second-order valence-corrected chi connectivity index (χ2v) is 7.27. The van der Waals surface area contributed by atoms with Crippen molar-refractivity contribution in [3.8, 4) is 5.75 Å². The normalized spacial score (nSPS) is 23.8. The Morgan fingerprint density at radius 2 is 2.08 bits per heavy atom. The van der Waals surface area contributed by atoms with Gasteiger partial charge in [-0.25, -0.2) is 0 Å². The van der Waals surface area contributed by atoms with Gasteiger partial charge in [-0.05, 0) is 50.8 Å². The molecule has 1 aliphatic carbocycles. The lowest BCUT2D eigenvalue weighted by atomic mass is 9.73. The van der Waals surface area contributed by atoms with Gasteiger partial charge < -0.3 is 19.6 Å². The predicted molar refractivity (Wildman–Crippen MR) is 91.9 cm³/mol. The minimum absolute atomic E-state index is 0.0192. The Bertz CT molecular complexity index is 678. The van der Waals surface area contributed by atoms with Crippen LogP contribution in [0.5, 0.6) is 5.75 Å². The number of hydrogen-bond acceptors (Lipinski definition) is 4. The third-order valence-electron chi connectivity index (χ3n) is 5.40. The Labute approximate surface area is 142 Å². The van der Waals surface area contributed by atoms with Gasteiger partial charge in [0.15, 0.2) is 0 Å². The van der Waals surface area contributed by atoms with E-state index in [4.69, 9.17) is 9.15 Å². The van der Waals surface area contributed by atoms with Crippen LogP contribution >= 0.6 is 0 Å². The van der Waals surface area contributed by atoms with E-state index in [2.05, 4.69) is 30.4 Å². The van der Waals surface area contributed by atoms with Crippen LogP contribution in [0.25, 0.3) is 0 Å². The maximum absolute atomic E-state index is 10.3. The van der Waals surface area contributed by atoms with Crippen LogP contribution in [-0.2, 0) is 0 Å². The van der Waals surface area contributed by atoms with Crippen LogP contribution in [0.2, 0.25) is 0 Å². The molecule has 0 radical (unpaired) electrons. The molecule has 2 N–H and O–H groups in total. The molecule has 4 nitrogen and oxygen atoms in total. The average molecular weight is 327 g/mol. The summed E-state index contributed by atoms with van der Waals surface area (Å²) in [5.74, 6) is 1.64. The SMILES string of the molecule is CC(CC(O)c1ccco1)NC1CC2(CCC2)Oc2ccccc21. The van der Waals surface area contributed by atoms with Crippen molar-refractivity contribution in [2.45, 2.75) is 62.8 Å². The van der Waals surface area contributed by atoms with Crippen molar-refractivity contribution in [2.75, 3.05) is 0 Å². The third kappa shape index (κ3) is 2.96. The summed E-state index contributed by atoms with van der Waals surface area (Å²) >= 11 is 0. The average Bonchev–Trinajstić information content (AvgIpc) is 3.07. The van der Waals surface area contributed by atoms with Gasteiger partial charge in [0.2, 0.25) is 0 Å². The quantitative estimate of drug-likeness (QED) is 0.867. The molecule has 2 heterocycles. The van der Waals surface area contributed by atoms with Crippen molar-refractivity contribution < 1.29 is 14.3 Å². The fraction of sp³-hybridized carbons (Fsp3) is 0.500. The number of hydrogen-bond donors (Lipinski definition) is 2. The zero-order chi connectivity index (χ0) is 16.6. The Hall–Kier alpha value is -1.78. The molecule has 1 aromatic heterocycles. The molecule has 4 heteroatoms. The molecule has 0 bridgehead atoms. The molecule has 1 fully saturated rings. The summed E-state index contributed by atoms with van der Waals surface area (Å²) in [7, 11) is 0. The summed E-state index contributed by atoms with van der Waals surface area (Å²) in [6.45, 7) is 2.12. The van der Waals surface area contributed by atoms with Gasteiger partial charge >= 0.3 is 0 Å². The van der Waals surface area contributed by atoms with E-state index in [9.17, 15) is 5.11 Å². The first kappa shape index (κ1) is 15.7. The predicted octanol–water partition coefficient (Wildman–Crippen LogP) is 4.13. The number of aliphatic hydroxyl groups is 1. The summed E-state index contributed by atoms with van der Waals surface area (Å²) in [5, 5.41) is 14.0. The Morgan fingerprint density at radius 3 is 2.79 bits per heavy atom. The van der Waals surface area contributed by atoms with Gasteiger partial charge in [-0.1, -0.05) is 18.2 Å². The zero-order valence-corrected chi connectivity index (χ0v) is 14.1. The number of ether oxygens (including phenoxy) is 1. The highest BCUT2D eigenvalue weighted by molar-refractivity contribution is 5.39. The number of rotatable bonds is 5. The molecule has 0 amide bonds. The zero-order valence-electron chi connectivity index (χ0n) is 14.1. The van der Waals surface area contributed by atoms with E-state index in [0.29, 0.717) is 12.2 Å². The van der Waals surface area contributed by atoms with E-state index in [0.717, 1.165) is 25.0 Å². The smallest absolute Gasteiger partial charge is 0.132 e. The van der Waals surface area contributed by atoms with Crippen LogP contribution in [-0.4, -0.2) is 16.7 Å². The van der Waals surface area contributed by atoms with Crippen molar-refractivity contribution in [3.05, 3.63) is 54.0 Å². The summed E-state index contributed by atoms with van der Waals surface area (Å²) in [5.41, 5.74) is 1.25. The first-order chi connectivity index (χ1) is 11.7. The van der Waals surface area contributed by atoms with Crippen LogP contribution in [0.15, 0.2) is 47.1 Å². The summed E-state index contributed by atoms with van der Waals surface area (Å²) in [6.07, 6.45) is 6.19. The van der Waals surface area contributed by atoms with Gasteiger partial charge in [-0.2, -0.15) is 0 Å². The maximum Gasteiger partial charge on any atom is 0.132 e. The van der Waals surface area contributed by atoms with Crippen LogP contribution in [0.4, 0.5) is 0 Å². The summed E-state index contributed by atoms with van der Waals surface area (Å²) < 4.78 is 11.6. The Balaban J connectivity index is 1.46. The fourth-order valence-electron chi connectivity index (χ4n) is 3.99. The Morgan fingerprint density at radius 1 is 1.25 bits per heavy atom. The molecule has 128 valence electrons. The number of furan rings is 1. The lowest BCUT2D eigenvalue weighted by Crippen LogP contribution is -2.50. The van der Waals surface area contributed by atoms with E-state index in [1.54, 1.807) is 6.26 Å². The van der Waals surface area contributed by atoms with E-state index < -0.39 is 6.10 Å². The molecule has 3 unspecified atom stereocenters. The Kier molecular flexibility index (Phi) is 4.10. The van der Waals surface area contributed by atoms with Crippen molar-refractivity contribution in [2.24, 2.45) is 0 Å². The highest BCUT2D eigenvalue weighted by atomic mass is 16.5. The van der Waals surface area contributed by atoms with Crippen molar-refractivity contribution in [1.82, 2.24) is 5.32 Å². The number of para-hydroxylation sites is 1. The molecule has 3 atom stereocenters. The van der Waals surface area contributed by atoms with Gasteiger partial charge in [-0.3, -0.25) is 0 Å². The number of benzene rings is 1. The molecule has 1 aromatic carbocycles. The molecule has 1 aliphatic heterocycles. The van der Waals surface area contributed by atoms with E-state index in [1.807, 2.05) is 18.2 Å². The number of aliphatic hydroxyl groups excluding tert-OH is 1. The van der Waals surface area contributed by atoms with Crippen LogP contribution in [0, 0.1) is 0 Å². The first-order valence-electron chi connectivity index (χ1n) is 8.91. The highest BCUT2D eigenvalue weighted by Crippen LogP contribution is 2.48. The highest BCUT2D eigenvalue weighted by Gasteiger charge is 2.45. The van der Waals surface area contributed by atoms with Crippen LogP contribution in [0.1, 0.15) is 62.5 Å². The van der Waals surface area contributed by atoms with E-state index >= 15 is 0 Å². The number of nitrogens with one attached hydrogen (secondary N) is 1. The van der Waals surface area contributed by atoms with Gasteiger partial charge in [-0.15, -0.1) is 0 Å². The van der Waals surface area contributed by atoms with Crippen LogP contribution in [0.3, 0.4) is 0 Å². The van der Waals surface area contributed by atoms with E-state index in [-0.39, 0.29) is 17.7 Å². The van der Waals surface area contributed by atoms with Gasteiger partial charge in [0.05, 0.1) is 6.26 Å². The molecule has 4 rings (SSSR count). The number of fused-ring (bicyclic) bond motifs is 1. The summed E-state index contributed by atoms with van der Waals surface area (Å²) in [4.78, 5) is 0. The van der Waals surface area contributed by atoms with Crippen LogP contribution < -0.4 is 10.1 Å². The van der Waals surface area contributed by atoms with Crippen molar-refractivity contribution >= 4 is 0 Å². The largest absolute Gasteiger partial charge is 0.487 e. The van der Waals surface area contributed by atoms with Crippen molar-refractivity contribution in [1.29, 1.82) is 0 Å². The molecule has 2 aliphatic rings. The lowest BCUT2D eigenvalue weighted by molar-refractivity contribution is -0.0384. The van der Waals surface area contributed by atoms with Crippen molar-refractivity contribution in [3.63, 3.8) is 0 Å². The molecule has 2 aromatic rings. The second kappa shape index (κ2) is 6.26. The standard InChI is InChI=1S/C20H25NO3/c1-14(12-17(22)19-8-4-11-23-19)21-16-13-20(9-5-10-20)24-18-7-3-2-6-15(16)18/h2-4,6-8,11,14,16-17,21-22H,5,9-10,12-13H2,1H3. The minimum Gasteiger partial charge on any atom is -0.487 e. The monoisotopic (exact) mass is 327 g/mol. The fourth-order valence-corrected chi connectivity index (χ4v) is 3.99. The minimum atomic E-state index is -0.574. The second-order valence-electron chi connectivity index (χ2n) is 7.27. The van der Waals surface area contributed by atoms with Gasteiger partial charge in [0, 0.05) is 24.1 Å². The third-order valence-corrected chi connectivity index (χ3v) is 5.40. The first-order valence-corrected chi connectivity index (χ1v) is 8.91.